The molecule has 0 fully saturated rings. The maximum atomic E-state index is 11.0. The first-order chi connectivity index (χ1) is 7.70. The fraction of sp³-hybridized carbons (Fsp3) is 0.615. The molecule has 94 valence electrons. The Hall–Kier alpha value is -1.45. The van der Waals surface area contributed by atoms with Gasteiger partial charge in [0.1, 0.15) is 5.82 Å². The molecule has 0 atom stereocenters. The summed E-state index contributed by atoms with van der Waals surface area (Å²) >= 11 is 0. The van der Waals surface area contributed by atoms with Gasteiger partial charge in [0.25, 0.3) is 0 Å². The molecular weight excluding hydrogens is 216 g/mol. The highest BCUT2D eigenvalue weighted by molar-refractivity contribution is 5.88. The minimum Gasteiger partial charge on any atom is -0.478 e. The molecule has 17 heavy (non-hydrogen) atoms. The summed E-state index contributed by atoms with van der Waals surface area (Å²) in [6.07, 6.45) is 2.17. The Bertz CT molecular complexity index is 420. The number of nitrogens with zero attached hydrogens (tertiary/aromatic N) is 2. The Morgan fingerprint density at radius 2 is 2.00 bits per heavy atom. The molecule has 0 aromatic carbocycles. The standard InChI is InChI=1S/C13H20N2O2/c1-8(2)11-9(12(16)17)7-14-10(15-11)6-13(3,4)5/h7-8H,6H2,1-5H3,(H,16,17). The first-order valence-corrected chi connectivity index (χ1v) is 5.80. The summed E-state index contributed by atoms with van der Waals surface area (Å²) in [6.45, 7) is 10.2. The molecule has 1 aromatic heterocycles. The Morgan fingerprint density at radius 3 is 2.41 bits per heavy atom. The lowest BCUT2D eigenvalue weighted by atomic mass is 9.91. The van der Waals surface area contributed by atoms with Gasteiger partial charge in [-0.25, -0.2) is 14.8 Å². The smallest absolute Gasteiger partial charge is 0.339 e. The van der Waals surface area contributed by atoms with Crippen molar-refractivity contribution < 1.29 is 9.90 Å². The molecule has 1 aromatic rings. The number of carboxylic acids is 1. The van der Waals surface area contributed by atoms with E-state index in [0.717, 1.165) is 6.42 Å². The van der Waals surface area contributed by atoms with Crippen LogP contribution in [-0.4, -0.2) is 21.0 Å². The predicted octanol–water partition coefficient (Wildman–Crippen LogP) is 2.89. The van der Waals surface area contributed by atoms with Crippen LogP contribution in [0.4, 0.5) is 0 Å². The van der Waals surface area contributed by atoms with Gasteiger partial charge in [-0.15, -0.1) is 0 Å². The minimum atomic E-state index is -0.962. The van der Waals surface area contributed by atoms with E-state index >= 15 is 0 Å². The molecule has 1 rings (SSSR count). The second kappa shape index (κ2) is 4.82. The monoisotopic (exact) mass is 236 g/mol. The van der Waals surface area contributed by atoms with Crippen LogP contribution in [0.25, 0.3) is 0 Å². The quantitative estimate of drug-likeness (QED) is 0.876. The van der Waals surface area contributed by atoms with Crippen LogP contribution in [0.3, 0.4) is 0 Å². The molecule has 0 amide bonds. The Morgan fingerprint density at radius 1 is 1.41 bits per heavy atom. The van der Waals surface area contributed by atoms with Crippen molar-refractivity contribution in [2.45, 2.75) is 47.0 Å². The second-order valence-corrected chi connectivity index (χ2v) is 5.78. The average molecular weight is 236 g/mol. The summed E-state index contributed by atoms with van der Waals surface area (Å²) in [5, 5.41) is 9.06. The Balaban J connectivity index is 3.15. The van der Waals surface area contributed by atoms with Crippen molar-refractivity contribution in [2.75, 3.05) is 0 Å². The molecule has 4 heteroatoms. The van der Waals surface area contributed by atoms with Crippen LogP contribution < -0.4 is 0 Å². The maximum Gasteiger partial charge on any atom is 0.339 e. The molecule has 0 saturated heterocycles. The highest BCUT2D eigenvalue weighted by Gasteiger charge is 2.19. The van der Waals surface area contributed by atoms with Crippen LogP contribution in [0, 0.1) is 5.41 Å². The van der Waals surface area contributed by atoms with Crippen molar-refractivity contribution >= 4 is 5.97 Å². The molecule has 0 aliphatic carbocycles. The summed E-state index contributed by atoms with van der Waals surface area (Å²) < 4.78 is 0. The second-order valence-electron chi connectivity index (χ2n) is 5.78. The van der Waals surface area contributed by atoms with Gasteiger partial charge in [0.05, 0.1) is 11.3 Å². The van der Waals surface area contributed by atoms with E-state index in [1.807, 2.05) is 13.8 Å². The lowest BCUT2D eigenvalue weighted by molar-refractivity contribution is 0.0694. The number of aromatic nitrogens is 2. The van der Waals surface area contributed by atoms with Gasteiger partial charge in [0.15, 0.2) is 0 Å². The van der Waals surface area contributed by atoms with Gasteiger partial charge in [-0.05, 0) is 11.3 Å². The summed E-state index contributed by atoms with van der Waals surface area (Å²) in [5.74, 6) is -0.162. The van der Waals surface area contributed by atoms with E-state index in [4.69, 9.17) is 5.11 Å². The van der Waals surface area contributed by atoms with Crippen molar-refractivity contribution in [2.24, 2.45) is 5.41 Å². The number of carboxylic acid groups (broad SMARTS) is 1. The number of hydrogen-bond acceptors (Lipinski definition) is 3. The van der Waals surface area contributed by atoms with Crippen molar-refractivity contribution in [3.63, 3.8) is 0 Å². The molecular formula is C13H20N2O2. The van der Waals surface area contributed by atoms with Gasteiger partial charge in [0, 0.05) is 12.6 Å². The van der Waals surface area contributed by atoms with Gasteiger partial charge >= 0.3 is 5.97 Å². The molecule has 4 nitrogen and oxygen atoms in total. The molecule has 0 spiro atoms. The van der Waals surface area contributed by atoms with Crippen molar-refractivity contribution in [3.05, 3.63) is 23.3 Å². The maximum absolute atomic E-state index is 11.0. The topological polar surface area (TPSA) is 63.1 Å². The van der Waals surface area contributed by atoms with Crippen LogP contribution >= 0.6 is 0 Å². The van der Waals surface area contributed by atoms with Crippen LogP contribution in [0.1, 0.15) is 62.4 Å². The summed E-state index contributed by atoms with van der Waals surface area (Å²) in [6, 6.07) is 0. The number of hydrogen-bond donors (Lipinski definition) is 1. The molecule has 0 aliphatic rings. The SMILES string of the molecule is CC(C)c1nc(CC(C)(C)C)ncc1C(=O)O. The average Bonchev–Trinajstić information content (AvgIpc) is 2.14. The zero-order chi connectivity index (χ0) is 13.2. The molecule has 1 N–H and O–H groups in total. The van der Waals surface area contributed by atoms with E-state index in [9.17, 15) is 4.79 Å². The minimum absolute atomic E-state index is 0.0859. The van der Waals surface area contributed by atoms with Crippen molar-refractivity contribution in [3.8, 4) is 0 Å². The summed E-state index contributed by atoms with van der Waals surface area (Å²) in [4.78, 5) is 19.6. The van der Waals surface area contributed by atoms with Gasteiger partial charge < -0.3 is 5.11 Å². The van der Waals surface area contributed by atoms with E-state index in [1.54, 1.807) is 0 Å². The van der Waals surface area contributed by atoms with E-state index < -0.39 is 5.97 Å². The third-order valence-electron chi connectivity index (χ3n) is 2.33. The third kappa shape index (κ3) is 3.80. The molecule has 0 saturated carbocycles. The van der Waals surface area contributed by atoms with Gasteiger partial charge in [-0.3, -0.25) is 0 Å². The molecule has 0 aliphatic heterocycles. The normalized spacial score (nSPS) is 11.9. The Labute approximate surface area is 102 Å². The number of rotatable bonds is 3. The van der Waals surface area contributed by atoms with Gasteiger partial charge in [-0.1, -0.05) is 34.6 Å². The highest BCUT2D eigenvalue weighted by atomic mass is 16.4. The lowest BCUT2D eigenvalue weighted by Gasteiger charge is -2.18. The van der Waals surface area contributed by atoms with Gasteiger partial charge in [-0.2, -0.15) is 0 Å². The van der Waals surface area contributed by atoms with Crippen molar-refractivity contribution in [1.82, 2.24) is 9.97 Å². The molecule has 1 heterocycles. The van der Waals surface area contributed by atoms with E-state index in [-0.39, 0.29) is 16.9 Å². The van der Waals surface area contributed by atoms with Crippen LogP contribution in [0.2, 0.25) is 0 Å². The zero-order valence-corrected chi connectivity index (χ0v) is 11.1. The largest absolute Gasteiger partial charge is 0.478 e. The fourth-order valence-electron chi connectivity index (χ4n) is 1.60. The summed E-state index contributed by atoms with van der Waals surface area (Å²) in [5.41, 5.74) is 0.920. The summed E-state index contributed by atoms with van der Waals surface area (Å²) in [7, 11) is 0. The van der Waals surface area contributed by atoms with Crippen LogP contribution in [0.5, 0.6) is 0 Å². The van der Waals surface area contributed by atoms with Crippen LogP contribution in [-0.2, 0) is 6.42 Å². The Kier molecular flexibility index (Phi) is 3.86. The first-order valence-electron chi connectivity index (χ1n) is 5.80. The predicted molar refractivity (Wildman–Crippen MR) is 66.2 cm³/mol. The van der Waals surface area contributed by atoms with Gasteiger partial charge in [0.2, 0.25) is 0 Å². The fourth-order valence-corrected chi connectivity index (χ4v) is 1.60. The van der Waals surface area contributed by atoms with Crippen LogP contribution in [0.15, 0.2) is 6.20 Å². The highest BCUT2D eigenvalue weighted by Crippen LogP contribution is 2.21. The first kappa shape index (κ1) is 13.6. The zero-order valence-electron chi connectivity index (χ0n) is 11.1. The van der Waals surface area contributed by atoms with E-state index in [2.05, 4.69) is 30.7 Å². The number of aromatic carboxylic acids is 1. The third-order valence-corrected chi connectivity index (χ3v) is 2.33. The molecule has 0 radical (unpaired) electrons. The lowest BCUT2D eigenvalue weighted by Crippen LogP contribution is -2.15. The van der Waals surface area contributed by atoms with E-state index in [1.165, 1.54) is 6.20 Å². The van der Waals surface area contributed by atoms with E-state index in [0.29, 0.717) is 11.5 Å². The molecule has 0 unspecified atom stereocenters. The number of carbonyl (C=O) groups is 1. The molecule has 0 bridgehead atoms. The van der Waals surface area contributed by atoms with Crippen molar-refractivity contribution in [1.29, 1.82) is 0 Å².